The number of fused-ring (bicyclic) bond motifs is 1. The molecule has 15 amide bonds. The number of aliphatic hydroxyl groups excluding tert-OH is 3. The van der Waals surface area contributed by atoms with Gasteiger partial charge in [-0.2, -0.15) is 0 Å². The van der Waals surface area contributed by atoms with E-state index in [4.69, 9.17) is 32.8 Å². The Labute approximate surface area is 762 Å². The van der Waals surface area contributed by atoms with Gasteiger partial charge in [0.15, 0.2) is 0 Å². The number of amides is 15. The molecule has 1 fully saturated rings. The number of benzene rings is 5. The Morgan fingerprint density at radius 2 is 0.863 bits per heavy atom. The van der Waals surface area contributed by atoms with E-state index >= 15 is 14.4 Å². The van der Waals surface area contributed by atoms with Gasteiger partial charge in [0.2, 0.25) is 88.6 Å². The van der Waals surface area contributed by atoms with Crippen LogP contribution in [0.3, 0.4) is 0 Å². The fourth-order valence-electron chi connectivity index (χ4n) is 13.3. The van der Waals surface area contributed by atoms with E-state index in [0.29, 0.717) is 55.9 Å². The lowest BCUT2D eigenvalue weighted by Gasteiger charge is -2.29. The third kappa shape index (κ3) is 36.8. The molecule has 1 aliphatic rings. The number of aliphatic carboxylic acids is 2. The zero-order valence-electron chi connectivity index (χ0n) is 72.6. The molecule has 44 heteroatoms. The minimum Gasteiger partial charge on any atom is -0.508 e. The number of primary amides is 1. The number of carboxylic acids is 2. The SMILES string of the molecule is CC(=O)O.C[C@H](NC(=O)[C@@H](N)Cc1ccc(O)cc1)C(=O)NCC(=O)N[C@H]1CSSC[C@@H](C(=O)O)NC(=O)C(CO)NC(=O)[C@H]([C@@H](C)O)NC(=O)C(Cc2ccccc2)NC(=O)[C@H]([C@@H](C)O)NC(=O)[C@H](CCCCN)NC(=O)[C@H](Cc2c[nH]c3ccccc23)NC(=O)[C@H](Cc2ccccc2)NC(=O)C(Cc2ccccc2)NC(=O)[C@H](CC(N)=O)NC(=O)C(CCCCN)NC1=O. The normalized spacial score (nSPS) is 22.3. The van der Waals surface area contributed by atoms with Crippen LogP contribution in [0.25, 0.3) is 10.9 Å². The summed E-state index contributed by atoms with van der Waals surface area (Å²) < 4.78 is 0. The van der Waals surface area contributed by atoms with Crippen LogP contribution in [0.15, 0.2) is 146 Å². The van der Waals surface area contributed by atoms with Gasteiger partial charge in [0, 0.05) is 61.2 Å². The number of para-hydroxylation sites is 1. The monoisotopic (exact) mass is 1860 g/mol. The van der Waals surface area contributed by atoms with Crippen LogP contribution in [0.5, 0.6) is 5.75 Å². The Bertz CT molecular complexity index is 4850. The molecule has 0 radical (unpaired) electrons. The average Bonchev–Trinajstić information content (AvgIpc) is 1.61. The summed E-state index contributed by atoms with van der Waals surface area (Å²) in [6.07, 6.45) is -3.80. The summed E-state index contributed by atoms with van der Waals surface area (Å²) in [4.78, 5) is 242. The zero-order chi connectivity index (χ0) is 96.4. The second-order valence-electron chi connectivity index (χ2n) is 31.0. The number of rotatable bonds is 30. The molecular formula is C87H117N19O23S2. The molecule has 42 nitrogen and oxygen atoms in total. The Kier molecular flexibility index (Phi) is 44.8. The summed E-state index contributed by atoms with van der Waals surface area (Å²) in [5, 5.41) is 96.0. The number of aromatic hydroxyl groups is 1. The number of carbonyl (C=O) groups excluding carboxylic acids is 15. The van der Waals surface area contributed by atoms with Gasteiger partial charge in [-0.1, -0.05) is 143 Å². The summed E-state index contributed by atoms with van der Waals surface area (Å²) in [6.45, 7) is 2.68. The molecule has 0 bridgehead atoms. The molecular weight excluding hydrogens is 1740 g/mol. The molecule has 1 aliphatic heterocycles. The number of hydrogen-bond acceptors (Lipinski definition) is 26. The summed E-state index contributed by atoms with van der Waals surface area (Å²) >= 11 is 0. The highest BCUT2D eigenvalue weighted by Gasteiger charge is 2.40. The van der Waals surface area contributed by atoms with E-state index < -0.39 is 228 Å². The van der Waals surface area contributed by atoms with Crippen molar-refractivity contribution in [3.05, 3.63) is 174 Å². The Hall–Kier alpha value is -13.1. The molecule has 16 atom stereocenters. The number of aromatic amines is 1. The molecule has 0 saturated carbocycles. The van der Waals surface area contributed by atoms with Crippen LogP contribution < -0.4 is 97.4 Å². The number of aromatic nitrogens is 1. The standard InChI is InChI=1S/C85H113N19O21S2.C2H4O2/c1-46(92-73(112)56(88)35-52-29-31-54(108)32-30-52)72(111)91-42-69(110)93-66-44-126-127-45-67(85(124)125)102-81(120)65(43-105)101-84(123)71(48(3)107)104-80(119)62(38-51-23-11-6-12-24-51)100-83(122)70(47(2)106)103-75(114)59(28-16-18-34-87)94-78(117)63(39-53-41-90-57-26-14-13-25-55(53)57)98-77(116)61(37-50-21-9-5-10-22-50)96-76(115)60(36-49-19-7-4-8-20-49)97-79(118)64(40-68(89)109)99-74(113)58(95-82(66)121)27-15-17-33-86;1-2(3)4/h4-14,19-26,29-32,41,46-48,56,58-67,70-71,90,105-108H,15-18,27-28,33-40,42-45,86-88H2,1-3H3,(H2,89,109)(H,91,111)(H,92,112)(H,93,110)(H,94,117)(H,95,121)(H,96,115)(H,97,118)(H,98,116)(H,99,113)(H,100,122)(H,101,123)(H,102,120)(H,103,114)(H,104,119)(H,124,125);1H3,(H,3,4)/t46-,47+,48+,56-,58?,59-,60?,61-,62?,63-,64-,65?,66-,67-,70-,71-;/m0./s1. The van der Waals surface area contributed by atoms with E-state index in [1.165, 1.54) is 19.1 Å². The van der Waals surface area contributed by atoms with Crippen molar-refractivity contribution in [3.8, 4) is 5.75 Å². The summed E-state index contributed by atoms with van der Waals surface area (Å²) in [5.41, 5.74) is 26.7. The Morgan fingerprint density at radius 3 is 1.33 bits per heavy atom. The van der Waals surface area contributed by atoms with Gasteiger partial charge in [-0.15, -0.1) is 0 Å². The van der Waals surface area contributed by atoms with Crippen LogP contribution in [-0.4, -0.2) is 271 Å². The molecule has 6 aromatic rings. The van der Waals surface area contributed by atoms with E-state index in [-0.39, 0.29) is 83.0 Å². The highest BCUT2D eigenvalue weighted by atomic mass is 33.1. The number of carbonyl (C=O) groups is 17. The first kappa shape index (κ1) is 107. The molecule has 131 heavy (non-hydrogen) atoms. The number of unbranched alkanes of at least 4 members (excludes halogenated alkanes) is 2. The summed E-state index contributed by atoms with van der Waals surface area (Å²) in [6, 6.07) is 13.4. The van der Waals surface area contributed by atoms with Crippen molar-refractivity contribution in [1.29, 1.82) is 0 Å². The maximum Gasteiger partial charge on any atom is 0.327 e. The largest absolute Gasteiger partial charge is 0.508 e. The average molecular weight is 1860 g/mol. The molecule has 7 rings (SSSR count). The van der Waals surface area contributed by atoms with Crippen molar-refractivity contribution >= 4 is 133 Å². The molecule has 710 valence electrons. The van der Waals surface area contributed by atoms with Crippen LogP contribution in [0.2, 0.25) is 0 Å². The predicted octanol–water partition coefficient (Wildman–Crippen LogP) is -4.39. The Morgan fingerprint density at radius 1 is 0.466 bits per heavy atom. The Balaban J connectivity index is 0.00000646. The molecule has 1 saturated heterocycles. The lowest BCUT2D eigenvalue weighted by Crippen LogP contribution is -2.63. The van der Waals surface area contributed by atoms with Gasteiger partial charge in [-0.3, -0.25) is 76.7 Å². The highest BCUT2D eigenvalue weighted by Crippen LogP contribution is 2.25. The minimum atomic E-state index is -2.01. The minimum absolute atomic E-state index is 0.00424. The fraction of sp³-hybridized carbons (Fsp3) is 0.437. The van der Waals surface area contributed by atoms with E-state index in [1.807, 2.05) is 0 Å². The number of aliphatic hydroxyl groups is 3. The van der Waals surface area contributed by atoms with Crippen molar-refractivity contribution in [1.82, 2.24) is 79.4 Å². The number of nitrogens with one attached hydrogen (secondary N) is 15. The van der Waals surface area contributed by atoms with Gasteiger partial charge in [0.1, 0.15) is 84.3 Å². The van der Waals surface area contributed by atoms with Gasteiger partial charge < -0.3 is 133 Å². The third-order valence-electron chi connectivity index (χ3n) is 20.3. The fourth-order valence-corrected chi connectivity index (χ4v) is 15.6. The highest BCUT2D eigenvalue weighted by molar-refractivity contribution is 8.76. The maximum atomic E-state index is 15.5. The molecule has 29 N–H and O–H groups in total. The van der Waals surface area contributed by atoms with Crippen LogP contribution in [0.1, 0.15) is 100 Å². The van der Waals surface area contributed by atoms with Crippen molar-refractivity contribution in [3.63, 3.8) is 0 Å². The van der Waals surface area contributed by atoms with Crippen LogP contribution >= 0.6 is 21.6 Å². The van der Waals surface area contributed by atoms with Gasteiger partial charge in [0.05, 0.1) is 37.8 Å². The number of H-pyrrole nitrogens is 1. The zero-order valence-corrected chi connectivity index (χ0v) is 74.2. The number of phenolic OH excluding ortho intramolecular Hbond substituents is 1. The number of nitrogens with two attached hydrogens (primary N) is 4. The quantitative estimate of drug-likeness (QED) is 0.0150. The molecule has 2 heterocycles. The van der Waals surface area contributed by atoms with Crippen molar-refractivity contribution in [2.75, 3.05) is 37.7 Å². The lowest BCUT2D eigenvalue weighted by molar-refractivity contribution is -0.142. The predicted molar refractivity (Wildman–Crippen MR) is 482 cm³/mol. The van der Waals surface area contributed by atoms with Crippen molar-refractivity contribution in [2.45, 2.75) is 202 Å². The second-order valence-corrected chi connectivity index (χ2v) is 33.6. The molecule has 4 unspecified atom stereocenters. The molecule has 0 aliphatic carbocycles. The van der Waals surface area contributed by atoms with E-state index in [1.54, 1.807) is 134 Å². The first-order valence-electron chi connectivity index (χ1n) is 42.1. The molecule has 0 spiro atoms. The lowest BCUT2D eigenvalue weighted by atomic mass is 10.00. The van der Waals surface area contributed by atoms with Crippen LogP contribution in [0.4, 0.5) is 0 Å². The van der Waals surface area contributed by atoms with Crippen molar-refractivity contribution in [2.24, 2.45) is 22.9 Å². The third-order valence-corrected chi connectivity index (χ3v) is 22.8. The van der Waals surface area contributed by atoms with Gasteiger partial charge in [0.25, 0.3) is 5.97 Å². The van der Waals surface area contributed by atoms with Gasteiger partial charge in [-0.05, 0) is 125 Å². The van der Waals surface area contributed by atoms with Crippen LogP contribution in [0, 0.1) is 0 Å². The molecule has 5 aromatic carbocycles. The van der Waals surface area contributed by atoms with E-state index in [0.717, 1.165) is 31.6 Å². The van der Waals surface area contributed by atoms with Crippen molar-refractivity contribution < 1.29 is 112 Å². The first-order valence-corrected chi connectivity index (χ1v) is 44.6. The van der Waals surface area contributed by atoms with Crippen LogP contribution in [-0.2, 0) is 114 Å². The number of hydrogen-bond donors (Lipinski definition) is 25. The summed E-state index contributed by atoms with van der Waals surface area (Å²) in [5.74, 6) is -20.0. The number of phenols is 1. The maximum absolute atomic E-state index is 15.5. The first-order chi connectivity index (χ1) is 62.4. The number of carboxylic acid groups (broad SMARTS) is 2. The van der Waals surface area contributed by atoms with Gasteiger partial charge >= 0.3 is 5.97 Å². The second kappa shape index (κ2) is 55.0. The van der Waals surface area contributed by atoms with Gasteiger partial charge in [-0.25, -0.2) is 4.79 Å². The topological polar surface area (TPSA) is 700 Å². The summed E-state index contributed by atoms with van der Waals surface area (Å²) in [7, 11) is 1.41. The van der Waals surface area contributed by atoms with E-state index in [9.17, 15) is 87.9 Å². The molecule has 1 aromatic heterocycles. The van der Waals surface area contributed by atoms with E-state index in [2.05, 4.69) is 79.4 Å². The smallest absolute Gasteiger partial charge is 0.327 e.